The Morgan fingerprint density at radius 3 is 2.77 bits per heavy atom. The second kappa shape index (κ2) is 9.91. The molecule has 5 rings (SSSR count). The van der Waals surface area contributed by atoms with Crippen molar-refractivity contribution in [3.05, 3.63) is 113 Å². The molecule has 0 saturated carbocycles. The number of nitrogens with zero attached hydrogens (tertiary/aromatic N) is 2. The van der Waals surface area contributed by atoms with Gasteiger partial charge >= 0.3 is 5.97 Å². The van der Waals surface area contributed by atoms with Gasteiger partial charge in [0.05, 0.1) is 22.9 Å². The number of carbonyl (C=O) groups excluding carboxylic acids is 1. The molecule has 1 N–H and O–H groups in total. The predicted molar refractivity (Wildman–Crippen MR) is 142 cm³/mol. The van der Waals surface area contributed by atoms with Crippen LogP contribution in [0.15, 0.2) is 96.5 Å². The number of benzene rings is 3. The number of carbonyl (C=O) groups is 1. The van der Waals surface area contributed by atoms with Gasteiger partial charge in [-0.25, -0.2) is 9.78 Å². The average Bonchev–Trinajstić information content (AvgIpc) is 3.60. The van der Waals surface area contributed by atoms with E-state index in [4.69, 9.17) is 4.74 Å². The molecule has 0 amide bonds. The molecule has 3 aromatic carbocycles. The van der Waals surface area contributed by atoms with Gasteiger partial charge in [-0.1, -0.05) is 56.0 Å². The summed E-state index contributed by atoms with van der Waals surface area (Å²) >= 11 is 1.58. The molecule has 0 saturated heterocycles. The van der Waals surface area contributed by atoms with E-state index in [-0.39, 0.29) is 0 Å². The zero-order valence-corrected chi connectivity index (χ0v) is 20.0. The van der Waals surface area contributed by atoms with Crippen LogP contribution in [0, 0.1) is 0 Å². The lowest BCUT2D eigenvalue weighted by Gasteiger charge is -2.19. The number of thiazole rings is 1. The van der Waals surface area contributed by atoms with Crippen LogP contribution in [0.25, 0.3) is 33.3 Å². The largest absolute Gasteiger partial charge is 0.423 e. The Labute approximate surface area is 207 Å². The van der Waals surface area contributed by atoms with Crippen LogP contribution in [-0.2, 0) is 4.79 Å². The molecule has 5 nitrogen and oxygen atoms in total. The summed E-state index contributed by atoms with van der Waals surface area (Å²) in [4.78, 5) is 16.6. The molecular weight excluding hydrogens is 454 g/mol. The summed E-state index contributed by atoms with van der Waals surface area (Å²) in [5.74, 6) is -0.00744. The van der Waals surface area contributed by atoms with E-state index in [0.29, 0.717) is 5.75 Å². The molecule has 0 spiro atoms. The van der Waals surface area contributed by atoms with E-state index in [9.17, 15) is 4.79 Å². The first-order valence-corrected chi connectivity index (χ1v) is 12.2. The number of rotatable bonds is 7. The molecule has 6 heteroatoms. The molecule has 35 heavy (non-hydrogen) atoms. The Kier molecular flexibility index (Phi) is 6.37. The van der Waals surface area contributed by atoms with Crippen molar-refractivity contribution in [2.45, 2.75) is 13.3 Å². The molecule has 0 unspecified atom stereocenters. The van der Waals surface area contributed by atoms with E-state index in [2.05, 4.69) is 65.1 Å². The number of hydrogen-bond acceptors (Lipinski definition) is 5. The van der Waals surface area contributed by atoms with Crippen LogP contribution in [0.2, 0.25) is 0 Å². The van der Waals surface area contributed by atoms with Gasteiger partial charge in [0, 0.05) is 28.0 Å². The lowest BCUT2D eigenvalue weighted by atomic mass is 9.87. The number of aromatic amines is 1. The summed E-state index contributed by atoms with van der Waals surface area (Å²) < 4.78 is 5.66. The maximum atomic E-state index is 12.1. The van der Waals surface area contributed by atoms with Crippen LogP contribution in [0.4, 0.5) is 0 Å². The van der Waals surface area contributed by atoms with E-state index in [1.165, 1.54) is 6.08 Å². The van der Waals surface area contributed by atoms with Gasteiger partial charge in [0.2, 0.25) is 0 Å². The van der Waals surface area contributed by atoms with Crippen LogP contribution in [-0.4, -0.2) is 21.2 Å². The SMILES string of the molecule is C=CC(=O)Oc1ccccc1/C(=C(\CC)c1cccc(-c2cscn2)c1)c1ccc2[nH]ncc2c1. The van der Waals surface area contributed by atoms with E-state index in [0.717, 1.165) is 56.4 Å². The zero-order valence-electron chi connectivity index (χ0n) is 19.2. The Bertz CT molecular complexity index is 1550. The maximum Gasteiger partial charge on any atom is 0.335 e. The van der Waals surface area contributed by atoms with Crippen LogP contribution < -0.4 is 4.74 Å². The molecule has 2 heterocycles. The highest BCUT2D eigenvalue weighted by Gasteiger charge is 2.19. The number of fused-ring (bicyclic) bond motifs is 1. The monoisotopic (exact) mass is 477 g/mol. The van der Waals surface area contributed by atoms with Crippen LogP contribution in [0.1, 0.15) is 30.0 Å². The van der Waals surface area contributed by atoms with Crippen LogP contribution in [0.5, 0.6) is 5.75 Å². The average molecular weight is 478 g/mol. The molecule has 0 aliphatic heterocycles. The van der Waals surface area contributed by atoms with E-state index in [1.807, 2.05) is 47.4 Å². The fourth-order valence-corrected chi connectivity index (χ4v) is 4.81. The number of H-pyrrole nitrogens is 1. The van der Waals surface area contributed by atoms with E-state index < -0.39 is 5.97 Å². The standard InChI is InChI=1S/C29H23N3O2S/c1-3-23(19-8-7-9-20(14-19)26-17-35-18-30-26)29(21-12-13-25-22(15-21)16-31-32-25)24-10-5-6-11-27(24)34-28(33)4-2/h4-18H,2-3H2,1H3,(H,31,32)/b29-23+. The normalized spacial score (nSPS) is 11.8. The summed E-state index contributed by atoms with van der Waals surface area (Å²) in [7, 11) is 0. The minimum absolute atomic E-state index is 0.487. The van der Waals surface area contributed by atoms with Crippen molar-refractivity contribution in [1.82, 2.24) is 15.2 Å². The lowest BCUT2D eigenvalue weighted by Crippen LogP contribution is -2.06. The molecule has 0 atom stereocenters. The predicted octanol–water partition coefficient (Wildman–Crippen LogP) is 7.15. The smallest absolute Gasteiger partial charge is 0.335 e. The van der Waals surface area contributed by atoms with Crippen LogP contribution >= 0.6 is 11.3 Å². The molecule has 0 radical (unpaired) electrons. The van der Waals surface area contributed by atoms with Gasteiger partial charge in [0.25, 0.3) is 0 Å². The Morgan fingerprint density at radius 2 is 1.97 bits per heavy atom. The number of ether oxygens (including phenoxy) is 1. The van der Waals surface area contributed by atoms with Crippen molar-refractivity contribution < 1.29 is 9.53 Å². The molecule has 2 aromatic heterocycles. The summed E-state index contributed by atoms with van der Waals surface area (Å²) in [6, 6.07) is 22.2. The van der Waals surface area contributed by atoms with Gasteiger partial charge in [-0.15, -0.1) is 11.3 Å². The highest BCUT2D eigenvalue weighted by atomic mass is 32.1. The number of allylic oxidation sites excluding steroid dienone is 1. The summed E-state index contributed by atoms with van der Waals surface area (Å²) in [6.45, 7) is 5.69. The third-order valence-electron chi connectivity index (χ3n) is 5.86. The molecule has 0 bridgehead atoms. The minimum atomic E-state index is -0.495. The summed E-state index contributed by atoms with van der Waals surface area (Å²) in [5, 5.41) is 10.2. The van der Waals surface area contributed by atoms with Gasteiger partial charge in [0.15, 0.2) is 0 Å². The van der Waals surface area contributed by atoms with Crippen molar-refractivity contribution in [1.29, 1.82) is 0 Å². The third-order valence-corrected chi connectivity index (χ3v) is 6.44. The van der Waals surface area contributed by atoms with E-state index >= 15 is 0 Å². The summed E-state index contributed by atoms with van der Waals surface area (Å²) in [5.41, 5.74) is 9.88. The van der Waals surface area contributed by atoms with Gasteiger partial charge < -0.3 is 4.74 Å². The molecule has 5 aromatic rings. The fraction of sp³-hybridized carbons (Fsp3) is 0.0690. The molecular formula is C29H23N3O2S. The van der Waals surface area contributed by atoms with Gasteiger partial charge in [0.1, 0.15) is 5.75 Å². The second-order valence-corrected chi connectivity index (χ2v) is 8.67. The molecule has 0 aliphatic carbocycles. The first kappa shape index (κ1) is 22.5. The van der Waals surface area contributed by atoms with Gasteiger partial charge in [-0.2, -0.15) is 5.10 Å². The third kappa shape index (κ3) is 4.56. The van der Waals surface area contributed by atoms with Gasteiger partial charge in [-0.05, 0) is 53.0 Å². The topological polar surface area (TPSA) is 67.9 Å². The molecule has 0 fully saturated rings. The highest BCUT2D eigenvalue weighted by molar-refractivity contribution is 7.07. The number of hydrogen-bond donors (Lipinski definition) is 1. The first-order chi connectivity index (χ1) is 17.2. The number of esters is 1. The second-order valence-electron chi connectivity index (χ2n) is 7.96. The van der Waals surface area contributed by atoms with Crippen molar-refractivity contribution in [3.8, 4) is 17.0 Å². The van der Waals surface area contributed by atoms with Crippen molar-refractivity contribution in [2.24, 2.45) is 0 Å². The first-order valence-electron chi connectivity index (χ1n) is 11.3. The van der Waals surface area contributed by atoms with Crippen LogP contribution in [0.3, 0.4) is 0 Å². The Morgan fingerprint density at radius 1 is 1.09 bits per heavy atom. The zero-order chi connectivity index (χ0) is 24.2. The number of aromatic nitrogens is 3. The minimum Gasteiger partial charge on any atom is -0.423 e. The molecule has 0 aliphatic rings. The van der Waals surface area contributed by atoms with Crippen molar-refractivity contribution in [2.75, 3.05) is 0 Å². The summed E-state index contributed by atoms with van der Waals surface area (Å²) in [6.07, 6.45) is 3.76. The fourth-order valence-electron chi connectivity index (χ4n) is 4.25. The highest BCUT2D eigenvalue weighted by Crippen LogP contribution is 2.40. The lowest BCUT2D eigenvalue weighted by molar-refractivity contribution is -0.128. The Balaban J connectivity index is 1.77. The van der Waals surface area contributed by atoms with E-state index in [1.54, 1.807) is 11.3 Å². The number of para-hydroxylation sites is 1. The van der Waals surface area contributed by atoms with Crippen molar-refractivity contribution >= 4 is 39.4 Å². The quantitative estimate of drug-likeness (QED) is 0.117. The Hall–Kier alpha value is -4.29. The maximum absolute atomic E-state index is 12.1. The number of nitrogens with one attached hydrogen (secondary N) is 1. The van der Waals surface area contributed by atoms with Crippen molar-refractivity contribution in [3.63, 3.8) is 0 Å². The van der Waals surface area contributed by atoms with Gasteiger partial charge in [-0.3, -0.25) is 5.10 Å². The molecule has 172 valence electrons.